The van der Waals surface area contributed by atoms with Crippen LogP contribution in [0.2, 0.25) is 0 Å². The fourth-order valence-corrected chi connectivity index (χ4v) is 3.08. The number of fused-ring (bicyclic) bond motifs is 1. The second-order valence-corrected chi connectivity index (χ2v) is 5.87. The fourth-order valence-electron chi connectivity index (χ4n) is 3.08. The van der Waals surface area contributed by atoms with Gasteiger partial charge in [0, 0.05) is 30.8 Å². The van der Waals surface area contributed by atoms with Crippen LogP contribution < -0.4 is 5.32 Å². The van der Waals surface area contributed by atoms with Gasteiger partial charge in [0.05, 0.1) is 6.54 Å². The SMILES string of the molecule is Cl.O=C(c1cccc2c1CCCN2)N1CCC(O)(C(F)(F)F)C1. The first-order valence-electron chi connectivity index (χ1n) is 7.26. The molecule has 2 heterocycles. The zero-order valence-corrected chi connectivity index (χ0v) is 13.1. The first kappa shape index (κ1) is 17.9. The van der Waals surface area contributed by atoms with E-state index < -0.39 is 30.7 Å². The highest BCUT2D eigenvalue weighted by molar-refractivity contribution is 5.97. The normalized spacial score (nSPS) is 23.7. The van der Waals surface area contributed by atoms with Crippen molar-refractivity contribution in [2.45, 2.75) is 31.0 Å². The molecule has 2 aliphatic rings. The van der Waals surface area contributed by atoms with Crippen LogP contribution in [0.4, 0.5) is 18.9 Å². The average molecular weight is 351 g/mol. The molecule has 0 aromatic heterocycles. The molecule has 1 atom stereocenters. The molecule has 1 amide bonds. The Morgan fingerprint density at radius 1 is 1.35 bits per heavy atom. The Hall–Kier alpha value is -1.47. The summed E-state index contributed by atoms with van der Waals surface area (Å²) in [4.78, 5) is 13.6. The standard InChI is InChI=1S/C15H17F3N2O2.ClH/c16-15(17,18)14(22)6-8-20(9-14)13(21)11-3-1-5-12-10(11)4-2-7-19-12;/h1,3,5,19,22H,2,4,6-9H2;1H. The molecule has 3 rings (SSSR count). The Labute approximate surface area is 138 Å². The summed E-state index contributed by atoms with van der Waals surface area (Å²) in [6.45, 7) is 0.0283. The average Bonchev–Trinajstić information content (AvgIpc) is 2.89. The molecule has 0 bridgehead atoms. The van der Waals surface area contributed by atoms with E-state index in [1.54, 1.807) is 12.1 Å². The Balaban J connectivity index is 0.00000192. The largest absolute Gasteiger partial charge is 0.419 e. The molecule has 23 heavy (non-hydrogen) atoms. The van der Waals surface area contributed by atoms with Gasteiger partial charge in [-0.15, -0.1) is 12.4 Å². The predicted molar refractivity (Wildman–Crippen MR) is 82.0 cm³/mol. The highest BCUT2D eigenvalue weighted by Crippen LogP contribution is 2.38. The predicted octanol–water partition coefficient (Wildman–Crippen LogP) is 2.61. The smallest absolute Gasteiger partial charge is 0.385 e. The van der Waals surface area contributed by atoms with Gasteiger partial charge in [-0.1, -0.05) is 6.07 Å². The number of likely N-dealkylation sites (tertiary alicyclic amines) is 1. The fraction of sp³-hybridized carbons (Fsp3) is 0.533. The number of benzene rings is 1. The number of nitrogens with one attached hydrogen (secondary N) is 1. The summed E-state index contributed by atoms with van der Waals surface area (Å²) in [7, 11) is 0. The second-order valence-electron chi connectivity index (χ2n) is 5.87. The minimum absolute atomic E-state index is 0. The summed E-state index contributed by atoms with van der Waals surface area (Å²) < 4.78 is 38.6. The molecule has 0 radical (unpaired) electrons. The van der Waals surface area contributed by atoms with Crippen LogP contribution in [-0.4, -0.2) is 47.3 Å². The van der Waals surface area contributed by atoms with Crippen LogP contribution in [0.25, 0.3) is 0 Å². The Morgan fingerprint density at radius 2 is 2.09 bits per heavy atom. The Morgan fingerprint density at radius 3 is 2.74 bits per heavy atom. The zero-order chi connectivity index (χ0) is 16.0. The third kappa shape index (κ3) is 3.12. The van der Waals surface area contributed by atoms with Gasteiger partial charge in [0.15, 0.2) is 5.60 Å². The van der Waals surface area contributed by atoms with Gasteiger partial charge in [-0.3, -0.25) is 4.79 Å². The Kier molecular flexibility index (Phi) is 4.82. The number of alkyl halides is 3. The number of rotatable bonds is 1. The van der Waals surface area contributed by atoms with Crippen LogP contribution in [-0.2, 0) is 6.42 Å². The number of halogens is 4. The maximum absolute atomic E-state index is 12.9. The summed E-state index contributed by atoms with van der Waals surface area (Å²) in [5.41, 5.74) is -0.657. The van der Waals surface area contributed by atoms with E-state index in [-0.39, 0.29) is 19.0 Å². The van der Waals surface area contributed by atoms with Crippen molar-refractivity contribution in [2.24, 2.45) is 0 Å². The molecule has 128 valence electrons. The van der Waals surface area contributed by atoms with Crippen LogP contribution in [0.3, 0.4) is 0 Å². The first-order valence-corrected chi connectivity index (χ1v) is 7.26. The summed E-state index contributed by atoms with van der Waals surface area (Å²) in [6, 6.07) is 5.22. The third-order valence-electron chi connectivity index (χ3n) is 4.39. The molecule has 2 N–H and O–H groups in total. The lowest BCUT2D eigenvalue weighted by atomic mass is 9.97. The third-order valence-corrected chi connectivity index (χ3v) is 4.39. The molecule has 1 fully saturated rings. The molecule has 0 saturated carbocycles. The van der Waals surface area contributed by atoms with Gasteiger partial charge >= 0.3 is 6.18 Å². The number of hydrogen-bond acceptors (Lipinski definition) is 3. The molecule has 8 heteroatoms. The number of carbonyl (C=O) groups excluding carboxylic acids is 1. The van der Waals surface area contributed by atoms with Crippen LogP contribution in [0.1, 0.15) is 28.8 Å². The minimum atomic E-state index is -4.72. The molecule has 0 aliphatic carbocycles. The van der Waals surface area contributed by atoms with Gasteiger partial charge in [0.1, 0.15) is 0 Å². The van der Waals surface area contributed by atoms with Gasteiger partial charge < -0.3 is 15.3 Å². The number of β-amino-alcohol motifs (C(OH)–C–C–N with tert-alkyl or cyclic N) is 1. The topological polar surface area (TPSA) is 52.6 Å². The second kappa shape index (κ2) is 6.20. The van der Waals surface area contributed by atoms with Gasteiger partial charge in [-0.25, -0.2) is 0 Å². The van der Waals surface area contributed by atoms with Crippen molar-refractivity contribution >= 4 is 24.0 Å². The van der Waals surface area contributed by atoms with E-state index in [2.05, 4.69) is 5.32 Å². The number of carbonyl (C=O) groups is 1. The molecule has 1 saturated heterocycles. The van der Waals surface area contributed by atoms with Crippen molar-refractivity contribution in [3.8, 4) is 0 Å². The number of amides is 1. The van der Waals surface area contributed by atoms with E-state index in [1.807, 2.05) is 6.07 Å². The maximum atomic E-state index is 12.9. The van der Waals surface area contributed by atoms with Gasteiger partial charge in [0.2, 0.25) is 0 Å². The zero-order valence-electron chi connectivity index (χ0n) is 12.3. The van der Waals surface area contributed by atoms with Crippen LogP contribution in [0.5, 0.6) is 0 Å². The molecular formula is C15H18ClF3N2O2. The summed E-state index contributed by atoms with van der Waals surface area (Å²) in [5, 5.41) is 12.9. The Bertz CT molecular complexity index is 609. The van der Waals surface area contributed by atoms with Crippen molar-refractivity contribution in [3.63, 3.8) is 0 Å². The number of aliphatic hydroxyl groups is 1. The van der Waals surface area contributed by atoms with Crippen LogP contribution in [0.15, 0.2) is 18.2 Å². The molecule has 2 aliphatic heterocycles. The monoisotopic (exact) mass is 350 g/mol. The molecule has 1 unspecified atom stereocenters. The molecule has 1 aromatic carbocycles. The van der Waals surface area contributed by atoms with Gasteiger partial charge in [0.25, 0.3) is 5.91 Å². The van der Waals surface area contributed by atoms with Crippen molar-refractivity contribution in [1.82, 2.24) is 4.90 Å². The lowest BCUT2D eigenvalue weighted by molar-refractivity contribution is -0.253. The van der Waals surface area contributed by atoms with E-state index in [9.17, 15) is 23.1 Å². The number of anilines is 1. The number of hydrogen-bond donors (Lipinski definition) is 2. The van der Waals surface area contributed by atoms with Crippen LogP contribution >= 0.6 is 12.4 Å². The molecule has 0 spiro atoms. The molecular weight excluding hydrogens is 333 g/mol. The van der Waals surface area contributed by atoms with Crippen molar-refractivity contribution in [1.29, 1.82) is 0 Å². The minimum Gasteiger partial charge on any atom is -0.385 e. The number of nitrogens with zero attached hydrogens (tertiary/aromatic N) is 1. The van der Waals surface area contributed by atoms with Crippen LogP contribution in [0, 0.1) is 0 Å². The molecule has 1 aromatic rings. The highest BCUT2D eigenvalue weighted by atomic mass is 35.5. The van der Waals surface area contributed by atoms with Crippen molar-refractivity contribution < 1.29 is 23.1 Å². The lowest BCUT2D eigenvalue weighted by Gasteiger charge is -2.27. The van der Waals surface area contributed by atoms with E-state index in [1.165, 1.54) is 0 Å². The summed E-state index contributed by atoms with van der Waals surface area (Å²) >= 11 is 0. The summed E-state index contributed by atoms with van der Waals surface area (Å²) in [6.07, 6.45) is -3.60. The van der Waals surface area contributed by atoms with Crippen molar-refractivity contribution in [2.75, 3.05) is 25.0 Å². The highest BCUT2D eigenvalue weighted by Gasteiger charge is 2.57. The lowest BCUT2D eigenvalue weighted by Crippen LogP contribution is -2.48. The first-order chi connectivity index (χ1) is 10.3. The maximum Gasteiger partial charge on any atom is 0.419 e. The van der Waals surface area contributed by atoms with E-state index in [0.29, 0.717) is 5.56 Å². The summed E-state index contributed by atoms with van der Waals surface area (Å²) in [5.74, 6) is -0.444. The van der Waals surface area contributed by atoms with E-state index in [4.69, 9.17) is 0 Å². The molecule has 4 nitrogen and oxygen atoms in total. The van der Waals surface area contributed by atoms with Gasteiger partial charge in [-0.05, 0) is 30.5 Å². The van der Waals surface area contributed by atoms with Crippen molar-refractivity contribution in [3.05, 3.63) is 29.3 Å². The van der Waals surface area contributed by atoms with E-state index in [0.717, 1.165) is 35.5 Å². The quantitative estimate of drug-likeness (QED) is 0.818. The van der Waals surface area contributed by atoms with Gasteiger partial charge in [-0.2, -0.15) is 13.2 Å². The van der Waals surface area contributed by atoms with E-state index >= 15 is 0 Å².